The molecule has 0 saturated heterocycles. The maximum atomic E-state index is 12.1. The Morgan fingerprint density at radius 2 is 2.14 bits per heavy atom. The summed E-state index contributed by atoms with van der Waals surface area (Å²) >= 11 is 1.15. The lowest BCUT2D eigenvalue weighted by Crippen LogP contribution is -2.48. The second-order valence-corrected chi connectivity index (χ2v) is 9.17. The fourth-order valence-electron chi connectivity index (χ4n) is 1.69. The van der Waals surface area contributed by atoms with Crippen LogP contribution in [-0.2, 0) is 9.84 Å². The molecule has 0 amide bonds. The first-order valence-electron chi connectivity index (χ1n) is 7.15. The third-order valence-electron chi connectivity index (χ3n) is 2.51. The molecule has 8 heteroatoms. The highest BCUT2D eigenvalue weighted by Gasteiger charge is 2.21. The Morgan fingerprint density at radius 1 is 1.45 bits per heavy atom. The van der Waals surface area contributed by atoms with Crippen molar-refractivity contribution in [1.82, 2.24) is 10.6 Å². The highest BCUT2D eigenvalue weighted by atomic mass is 32.2. The van der Waals surface area contributed by atoms with Gasteiger partial charge in [0.15, 0.2) is 15.8 Å². The van der Waals surface area contributed by atoms with E-state index in [9.17, 15) is 13.5 Å². The van der Waals surface area contributed by atoms with E-state index in [0.29, 0.717) is 12.5 Å². The Kier molecular flexibility index (Phi) is 6.83. The summed E-state index contributed by atoms with van der Waals surface area (Å²) in [5, 5.41) is 17.9. The van der Waals surface area contributed by atoms with Gasteiger partial charge in [-0.25, -0.2) is 8.42 Å². The van der Waals surface area contributed by atoms with Crippen LogP contribution in [0.2, 0.25) is 0 Å². The van der Waals surface area contributed by atoms with E-state index >= 15 is 0 Å². The quantitative estimate of drug-likeness (QED) is 0.532. The van der Waals surface area contributed by atoms with Crippen LogP contribution in [0.5, 0.6) is 0 Å². The zero-order chi connectivity index (χ0) is 16.8. The molecule has 0 bridgehead atoms. The first-order valence-corrected chi connectivity index (χ1v) is 9.68. The van der Waals surface area contributed by atoms with Gasteiger partial charge in [-0.05, 0) is 39.1 Å². The lowest BCUT2D eigenvalue weighted by atomic mass is 10.1. The summed E-state index contributed by atoms with van der Waals surface area (Å²) in [6.07, 6.45) is -1.04. The molecule has 3 N–H and O–H groups in total. The van der Waals surface area contributed by atoms with E-state index in [1.807, 2.05) is 27.7 Å². The Bertz CT molecular complexity index is 575. The standard InChI is InChI=1S/C14H25N3O3S2/c1-5-15-13(17-14(2,3)4)16-9-11(18)10-22(19,20)12-7-6-8-21-12/h6-8,11,18H,5,9-10H2,1-4H3,(H2,15,16,17). The number of rotatable bonds is 6. The van der Waals surface area contributed by atoms with Crippen molar-refractivity contribution in [2.75, 3.05) is 18.8 Å². The summed E-state index contributed by atoms with van der Waals surface area (Å²) in [6, 6.07) is 3.22. The fourth-order valence-corrected chi connectivity index (χ4v) is 4.16. The van der Waals surface area contributed by atoms with E-state index in [1.165, 1.54) is 0 Å². The molecule has 0 fully saturated rings. The number of sulfone groups is 1. The van der Waals surface area contributed by atoms with Gasteiger partial charge in [0.2, 0.25) is 0 Å². The van der Waals surface area contributed by atoms with Gasteiger partial charge >= 0.3 is 0 Å². The zero-order valence-electron chi connectivity index (χ0n) is 13.5. The minimum Gasteiger partial charge on any atom is -0.390 e. The second kappa shape index (κ2) is 7.94. The third-order valence-corrected chi connectivity index (χ3v) is 5.80. The Balaban J connectivity index is 2.66. The number of hydrogen-bond donors (Lipinski definition) is 3. The SMILES string of the molecule is CCNC(=NCC(O)CS(=O)(=O)c1cccs1)NC(C)(C)C. The van der Waals surface area contributed by atoms with Crippen molar-refractivity contribution in [3.05, 3.63) is 17.5 Å². The molecule has 126 valence electrons. The van der Waals surface area contributed by atoms with Crippen LogP contribution >= 0.6 is 11.3 Å². The summed E-state index contributed by atoms with van der Waals surface area (Å²) in [7, 11) is -3.45. The van der Waals surface area contributed by atoms with Gasteiger partial charge in [0.1, 0.15) is 4.21 Å². The Hall–Kier alpha value is -1.12. The van der Waals surface area contributed by atoms with Gasteiger partial charge in [0.05, 0.1) is 18.4 Å². The maximum Gasteiger partial charge on any atom is 0.191 e. The van der Waals surface area contributed by atoms with Crippen molar-refractivity contribution in [3.63, 3.8) is 0 Å². The molecule has 1 unspecified atom stereocenters. The largest absolute Gasteiger partial charge is 0.390 e. The number of aliphatic imine (C=N–C) groups is 1. The van der Waals surface area contributed by atoms with Gasteiger partial charge in [-0.15, -0.1) is 11.3 Å². The van der Waals surface area contributed by atoms with Gasteiger partial charge < -0.3 is 15.7 Å². The summed E-state index contributed by atoms with van der Waals surface area (Å²) < 4.78 is 24.4. The van der Waals surface area contributed by atoms with Crippen LogP contribution in [-0.4, -0.2) is 50.0 Å². The number of aliphatic hydroxyl groups excluding tert-OH is 1. The third kappa shape index (κ3) is 6.76. The molecule has 0 radical (unpaired) electrons. The Morgan fingerprint density at radius 3 is 2.64 bits per heavy atom. The van der Waals surface area contributed by atoms with Crippen molar-refractivity contribution < 1.29 is 13.5 Å². The zero-order valence-corrected chi connectivity index (χ0v) is 15.1. The lowest BCUT2D eigenvalue weighted by molar-refractivity contribution is 0.206. The molecule has 1 aromatic heterocycles. The molecular formula is C14H25N3O3S2. The molecule has 0 aliphatic carbocycles. The minimum atomic E-state index is -3.45. The number of nitrogens with zero attached hydrogens (tertiary/aromatic N) is 1. The first kappa shape index (κ1) is 18.9. The van der Waals surface area contributed by atoms with Crippen LogP contribution in [0.15, 0.2) is 26.7 Å². The van der Waals surface area contributed by atoms with Crippen LogP contribution in [0.25, 0.3) is 0 Å². The first-order chi connectivity index (χ1) is 10.1. The predicted octanol–water partition coefficient (Wildman–Crippen LogP) is 1.24. The van der Waals surface area contributed by atoms with E-state index in [-0.39, 0.29) is 22.0 Å². The molecule has 1 rings (SSSR count). The molecule has 0 aliphatic rings. The second-order valence-electron chi connectivity index (χ2n) is 5.96. The summed E-state index contributed by atoms with van der Waals surface area (Å²) in [4.78, 5) is 4.25. The fraction of sp³-hybridized carbons (Fsp3) is 0.643. The van der Waals surface area contributed by atoms with Crippen molar-refractivity contribution in [2.24, 2.45) is 4.99 Å². The number of nitrogens with one attached hydrogen (secondary N) is 2. The van der Waals surface area contributed by atoms with E-state index in [2.05, 4.69) is 15.6 Å². The minimum absolute atomic E-state index is 0.0238. The highest BCUT2D eigenvalue weighted by Crippen LogP contribution is 2.18. The van der Waals surface area contributed by atoms with Crippen LogP contribution < -0.4 is 10.6 Å². The topological polar surface area (TPSA) is 90.8 Å². The normalized spacial score (nSPS) is 14.7. The smallest absolute Gasteiger partial charge is 0.191 e. The van der Waals surface area contributed by atoms with Gasteiger partial charge in [-0.2, -0.15) is 0 Å². The predicted molar refractivity (Wildman–Crippen MR) is 91.2 cm³/mol. The number of thiophene rings is 1. The average Bonchev–Trinajstić information content (AvgIpc) is 2.88. The Labute approximate surface area is 136 Å². The molecular weight excluding hydrogens is 322 g/mol. The molecule has 22 heavy (non-hydrogen) atoms. The average molecular weight is 348 g/mol. The maximum absolute atomic E-state index is 12.1. The van der Waals surface area contributed by atoms with E-state index in [4.69, 9.17) is 0 Å². The lowest BCUT2D eigenvalue weighted by Gasteiger charge is -2.24. The summed E-state index contributed by atoms with van der Waals surface area (Å²) in [5.41, 5.74) is -0.172. The van der Waals surface area contributed by atoms with E-state index < -0.39 is 15.9 Å². The number of hydrogen-bond acceptors (Lipinski definition) is 5. The molecule has 1 heterocycles. The highest BCUT2D eigenvalue weighted by molar-refractivity contribution is 7.93. The van der Waals surface area contributed by atoms with Gasteiger partial charge in [-0.1, -0.05) is 6.07 Å². The van der Waals surface area contributed by atoms with Crippen molar-refractivity contribution >= 4 is 27.1 Å². The molecule has 1 atom stereocenters. The van der Waals surface area contributed by atoms with Gasteiger partial charge in [0.25, 0.3) is 0 Å². The van der Waals surface area contributed by atoms with Crippen molar-refractivity contribution in [1.29, 1.82) is 0 Å². The van der Waals surface area contributed by atoms with Gasteiger partial charge in [0, 0.05) is 12.1 Å². The van der Waals surface area contributed by atoms with Crippen LogP contribution in [0, 0.1) is 0 Å². The molecule has 0 aromatic carbocycles. The van der Waals surface area contributed by atoms with Crippen molar-refractivity contribution in [3.8, 4) is 0 Å². The van der Waals surface area contributed by atoms with Crippen LogP contribution in [0.4, 0.5) is 0 Å². The van der Waals surface area contributed by atoms with Crippen molar-refractivity contribution in [2.45, 2.75) is 43.5 Å². The van der Waals surface area contributed by atoms with Crippen LogP contribution in [0.1, 0.15) is 27.7 Å². The van der Waals surface area contributed by atoms with E-state index in [1.54, 1.807) is 17.5 Å². The molecule has 0 spiro atoms. The molecule has 0 aliphatic heterocycles. The number of aliphatic hydroxyl groups is 1. The molecule has 0 saturated carbocycles. The molecule has 1 aromatic rings. The number of guanidine groups is 1. The van der Waals surface area contributed by atoms with Gasteiger partial charge in [-0.3, -0.25) is 4.99 Å². The van der Waals surface area contributed by atoms with E-state index in [0.717, 1.165) is 11.3 Å². The van der Waals surface area contributed by atoms with Crippen LogP contribution in [0.3, 0.4) is 0 Å². The monoisotopic (exact) mass is 347 g/mol. The summed E-state index contributed by atoms with van der Waals surface area (Å²) in [6.45, 7) is 8.64. The summed E-state index contributed by atoms with van der Waals surface area (Å²) in [5.74, 6) is 0.230. The molecule has 6 nitrogen and oxygen atoms in total.